The molecule has 0 saturated heterocycles. The van der Waals surface area contributed by atoms with E-state index >= 15 is 0 Å². The Labute approximate surface area is 125 Å². The van der Waals surface area contributed by atoms with E-state index in [1.54, 1.807) is 29.5 Å². The Bertz CT molecular complexity index is 786. The van der Waals surface area contributed by atoms with Crippen molar-refractivity contribution >= 4 is 11.6 Å². The number of hydrogen-bond donors (Lipinski definition) is 0. The zero-order valence-electron chi connectivity index (χ0n) is 11.0. The summed E-state index contributed by atoms with van der Waals surface area (Å²) in [5, 5.41) is 0.188. The van der Waals surface area contributed by atoms with Crippen molar-refractivity contribution < 1.29 is 0 Å². The Morgan fingerprint density at radius 2 is 2.14 bits per heavy atom. The molecule has 3 aromatic rings. The summed E-state index contributed by atoms with van der Waals surface area (Å²) in [5.41, 5.74) is 2.29. The van der Waals surface area contributed by atoms with Gasteiger partial charge in [0.05, 0.1) is 11.6 Å². The van der Waals surface area contributed by atoms with Crippen molar-refractivity contribution in [2.24, 2.45) is 0 Å². The third-order valence-electron chi connectivity index (χ3n) is 3.62. The highest BCUT2D eigenvalue weighted by Gasteiger charge is 2.28. The Morgan fingerprint density at radius 1 is 1.19 bits per heavy atom. The molecule has 7 heteroatoms. The number of pyridine rings is 1. The molecule has 0 amide bonds. The van der Waals surface area contributed by atoms with E-state index in [1.807, 2.05) is 6.07 Å². The predicted octanol–water partition coefficient (Wildman–Crippen LogP) is 2.18. The second-order valence-corrected chi connectivity index (χ2v) is 5.21. The van der Waals surface area contributed by atoms with Crippen LogP contribution in [0.5, 0.6) is 0 Å². The topological polar surface area (TPSA) is 69.4 Å². The minimum atomic E-state index is 0.0731. The van der Waals surface area contributed by atoms with Crippen LogP contribution < -0.4 is 0 Å². The van der Waals surface area contributed by atoms with E-state index in [-0.39, 0.29) is 11.2 Å². The van der Waals surface area contributed by atoms with Crippen LogP contribution in [0.2, 0.25) is 5.28 Å². The lowest BCUT2D eigenvalue weighted by atomic mass is 10.1. The molecule has 0 N–H and O–H groups in total. The standard InChI is InChI=1S/C14H11ClN6/c15-13-18-12(19-14(20-13)21-7-6-16-8-21)10-4-3-9-2-1-5-17-11(9)10/h1-2,5-8,10H,3-4H2. The molecule has 0 radical (unpaired) electrons. The van der Waals surface area contributed by atoms with Gasteiger partial charge >= 0.3 is 0 Å². The maximum atomic E-state index is 6.06. The largest absolute Gasteiger partial charge is 0.274 e. The van der Waals surface area contributed by atoms with Crippen LogP contribution in [0, 0.1) is 0 Å². The molecule has 0 fully saturated rings. The summed E-state index contributed by atoms with van der Waals surface area (Å²) >= 11 is 6.06. The monoisotopic (exact) mass is 298 g/mol. The van der Waals surface area contributed by atoms with E-state index in [2.05, 4.69) is 31.0 Å². The minimum Gasteiger partial charge on any atom is -0.274 e. The summed E-state index contributed by atoms with van der Waals surface area (Å²) in [6.07, 6.45) is 8.81. The zero-order chi connectivity index (χ0) is 14.2. The minimum absolute atomic E-state index is 0.0731. The number of halogens is 1. The first-order valence-electron chi connectivity index (χ1n) is 6.65. The van der Waals surface area contributed by atoms with E-state index < -0.39 is 0 Å². The first-order valence-corrected chi connectivity index (χ1v) is 7.02. The van der Waals surface area contributed by atoms with Crippen LogP contribution >= 0.6 is 11.6 Å². The molecule has 1 aliphatic carbocycles. The SMILES string of the molecule is Clc1nc(C2CCc3cccnc32)nc(-n2ccnc2)n1. The fourth-order valence-electron chi connectivity index (χ4n) is 2.67. The number of aromatic nitrogens is 6. The third-order valence-corrected chi connectivity index (χ3v) is 3.79. The Kier molecular flexibility index (Phi) is 2.89. The molecule has 0 spiro atoms. The lowest BCUT2D eigenvalue weighted by molar-refractivity contribution is 0.696. The first-order chi connectivity index (χ1) is 10.3. The Morgan fingerprint density at radius 3 is 3.00 bits per heavy atom. The van der Waals surface area contributed by atoms with Crippen molar-refractivity contribution in [3.05, 3.63) is 59.4 Å². The average Bonchev–Trinajstić information content (AvgIpc) is 3.16. The number of hydrogen-bond acceptors (Lipinski definition) is 5. The van der Waals surface area contributed by atoms with Crippen molar-refractivity contribution in [1.82, 2.24) is 29.5 Å². The van der Waals surface area contributed by atoms with E-state index in [0.717, 1.165) is 18.5 Å². The molecule has 0 aliphatic heterocycles. The lowest BCUT2D eigenvalue weighted by Gasteiger charge is -2.10. The van der Waals surface area contributed by atoms with E-state index in [4.69, 9.17) is 11.6 Å². The summed E-state index contributed by atoms with van der Waals surface area (Å²) in [6.45, 7) is 0. The second kappa shape index (κ2) is 4.89. The molecule has 4 rings (SSSR count). The smallest absolute Gasteiger partial charge is 0.239 e. The highest BCUT2D eigenvalue weighted by Crippen LogP contribution is 2.35. The number of fused-ring (bicyclic) bond motifs is 1. The van der Waals surface area contributed by atoms with Crippen LogP contribution in [-0.2, 0) is 6.42 Å². The number of imidazole rings is 1. The van der Waals surface area contributed by atoms with Crippen LogP contribution in [0.1, 0.15) is 29.4 Å². The molecule has 3 heterocycles. The molecule has 0 saturated carbocycles. The fourth-order valence-corrected chi connectivity index (χ4v) is 2.83. The molecule has 21 heavy (non-hydrogen) atoms. The molecular formula is C14H11ClN6. The van der Waals surface area contributed by atoms with Crippen molar-refractivity contribution in [2.45, 2.75) is 18.8 Å². The van der Waals surface area contributed by atoms with Crippen LogP contribution in [-0.4, -0.2) is 29.5 Å². The van der Waals surface area contributed by atoms with Crippen molar-refractivity contribution in [2.75, 3.05) is 0 Å². The van der Waals surface area contributed by atoms with Gasteiger partial charge in [-0.1, -0.05) is 6.07 Å². The van der Waals surface area contributed by atoms with Gasteiger partial charge in [0.25, 0.3) is 0 Å². The number of rotatable bonds is 2. The van der Waals surface area contributed by atoms with Gasteiger partial charge in [-0.25, -0.2) is 9.97 Å². The Hall–Kier alpha value is -2.34. The van der Waals surface area contributed by atoms with Crippen molar-refractivity contribution in [1.29, 1.82) is 0 Å². The van der Waals surface area contributed by atoms with Gasteiger partial charge in [-0.15, -0.1) is 0 Å². The summed E-state index contributed by atoms with van der Waals surface area (Å²) in [4.78, 5) is 21.5. The van der Waals surface area contributed by atoms with Crippen molar-refractivity contribution in [3.63, 3.8) is 0 Å². The maximum absolute atomic E-state index is 6.06. The molecular weight excluding hydrogens is 288 g/mol. The first kappa shape index (κ1) is 12.4. The molecule has 1 aliphatic rings. The van der Waals surface area contributed by atoms with E-state index in [0.29, 0.717) is 11.8 Å². The van der Waals surface area contributed by atoms with Gasteiger partial charge in [-0.3, -0.25) is 9.55 Å². The van der Waals surface area contributed by atoms with E-state index in [9.17, 15) is 0 Å². The van der Waals surface area contributed by atoms with Gasteiger partial charge in [0, 0.05) is 18.6 Å². The molecule has 1 atom stereocenters. The van der Waals surface area contributed by atoms with Crippen LogP contribution in [0.4, 0.5) is 0 Å². The highest BCUT2D eigenvalue weighted by molar-refractivity contribution is 6.28. The van der Waals surface area contributed by atoms with Crippen LogP contribution in [0.25, 0.3) is 5.95 Å². The van der Waals surface area contributed by atoms with Gasteiger partial charge in [0.15, 0.2) is 0 Å². The lowest BCUT2D eigenvalue weighted by Crippen LogP contribution is -2.10. The number of nitrogens with zero attached hydrogens (tertiary/aromatic N) is 6. The van der Waals surface area contributed by atoms with Crippen LogP contribution in [0.3, 0.4) is 0 Å². The third kappa shape index (κ3) is 2.17. The van der Waals surface area contributed by atoms with Gasteiger partial charge < -0.3 is 0 Å². The summed E-state index contributed by atoms with van der Waals surface area (Å²) in [6, 6.07) is 4.06. The van der Waals surface area contributed by atoms with Gasteiger partial charge in [0.2, 0.25) is 11.2 Å². The molecule has 104 valence electrons. The second-order valence-electron chi connectivity index (χ2n) is 4.87. The Balaban J connectivity index is 1.80. The maximum Gasteiger partial charge on any atom is 0.239 e. The zero-order valence-corrected chi connectivity index (χ0v) is 11.8. The highest BCUT2D eigenvalue weighted by atomic mass is 35.5. The quantitative estimate of drug-likeness (QED) is 0.725. The molecule has 3 aromatic heterocycles. The predicted molar refractivity (Wildman–Crippen MR) is 76.4 cm³/mol. The van der Waals surface area contributed by atoms with Crippen LogP contribution in [0.15, 0.2) is 37.1 Å². The summed E-state index contributed by atoms with van der Waals surface area (Å²) < 4.78 is 1.71. The van der Waals surface area contributed by atoms with Gasteiger partial charge in [0.1, 0.15) is 12.2 Å². The molecule has 6 nitrogen and oxygen atoms in total. The normalized spacial score (nSPS) is 16.9. The summed E-state index contributed by atoms with van der Waals surface area (Å²) in [5.74, 6) is 1.21. The van der Waals surface area contributed by atoms with Crippen molar-refractivity contribution in [3.8, 4) is 5.95 Å². The summed E-state index contributed by atoms with van der Waals surface area (Å²) in [7, 11) is 0. The number of aryl methyl sites for hydroxylation is 1. The van der Waals surface area contributed by atoms with Gasteiger partial charge in [-0.2, -0.15) is 9.97 Å². The fraction of sp³-hybridized carbons (Fsp3) is 0.214. The molecule has 0 bridgehead atoms. The van der Waals surface area contributed by atoms with Gasteiger partial charge in [-0.05, 0) is 36.1 Å². The molecule has 0 aromatic carbocycles. The molecule has 1 unspecified atom stereocenters. The van der Waals surface area contributed by atoms with E-state index in [1.165, 1.54) is 5.56 Å². The average molecular weight is 299 g/mol.